The number of nitriles is 1. The van der Waals surface area contributed by atoms with E-state index in [1.807, 2.05) is 6.07 Å². The van der Waals surface area contributed by atoms with Gasteiger partial charge in [0.25, 0.3) is 5.56 Å². The monoisotopic (exact) mass is 501 g/mol. The van der Waals surface area contributed by atoms with Gasteiger partial charge in [-0.2, -0.15) is 10.4 Å². The molecule has 4 aromatic heterocycles. The van der Waals surface area contributed by atoms with Crippen molar-refractivity contribution in [3.8, 4) is 6.07 Å². The summed E-state index contributed by atoms with van der Waals surface area (Å²) in [5, 5.41) is 13.9. The normalized spacial score (nSPS) is 19.5. The molecule has 0 saturated carbocycles. The van der Waals surface area contributed by atoms with E-state index in [4.69, 9.17) is 10.1 Å². The third-order valence-corrected chi connectivity index (χ3v) is 7.90. The fraction of sp³-hybridized carbons (Fsp3) is 0.519. The fourth-order valence-electron chi connectivity index (χ4n) is 5.84. The second-order valence-corrected chi connectivity index (χ2v) is 9.86. The number of pyridine rings is 2. The van der Waals surface area contributed by atoms with Gasteiger partial charge in [0.2, 0.25) is 0 Å². The Morgan fingerprint density at radius 1 is 1.16 bits per heavy atom. The van der Waals surface area contributed by atoms with E-state index in [0.29, 0.717) is 0 Å². The lowest BCUT2D eigenvalue weighted by Crippen LogP contribution is -2.59. The molecule has 0 N–H and O–H groups in total. The van der Waals surface area contributed by atoms with Crippen molar-refractivity contribution in [2.45, 2.75) is 71.8 Å². The molecule has 1 saturated heterocycles. The summed E-state index contributed by atoms with van der Waals surface area (Å²) in [5.74, 6) is 1.05. The van der Waals surface area contributed by atoms with Gasteiger partial charge in [-0.3, -0.25) is 14.4 Å². The minimum Gasteiger partial charge on any atom is -0.364 e. The van der Waals surface area contributed by atoms with Crippen LogP contribution in [0, 0.1) is 11.3 Å². The molecule has 37 heavy (non-hydrogen) atoms. The molecule has 1 aliphatic heterocycles. The van der Waals surface area contributed by atoms with Crippen LogP contribution in [0.15, 0.2) is 35.4 Å². The number of nitrogens with zero attached hydrogens (tertiary/aromatic N) is 9. The topological polar surface area (TPSA) is 101 Å². The van der Waals surface area contributed by atoms with E-state index in [-0.39, 0.29) is 30.2 Å². The van der Waals surface area contributed by atoms with Crippen LogP contribution in [0.1, 0.15) is 52.4 Å². The van der Waals surface area contributed by atoms with E-state index in [1.165, 1.54) is 0 Å². The highest BCUT2D eigenvalue weighted by Crippen LogP contribution is 2.34. The van der Waals surface area contributed by atoms with Gasteiger partial charge in [-0.1, -0.05) is 13.8 Å². The number of rotatable bonds is 7. The Kier molecular flexibility index (Phi) is 6.73. The maximum Gasteiger partial charge on any atom is 0.252 e. The van der Waals surface area contributed by atoms with Gasteiger partial charge in [-0.15, -0.1) is 0 Å². The number of anilines is 1. The highest BCUT2D eigenvalue weighted by molar-refractivity contribution is 5.88. The third-order valence-electron chi connectivity index (χ3n) is 7.90. The molecular formula is C27H35N9O. The van der Waals surface area contributed by atoms with E-state index in [2.05, 4.69) is 59.2 Å². The minimum atomic E-state index is -0.0677. The Labute approximate surface area is 216 Å². The molecule has 3 atom stereocenters. The van der Waals surface area contributed by atoms with Crippen molar-refractivity contribution in [1.29, 1.82) is 5.26 Å². The van der Waals surface area contributed by atoms with E-state index in [9.17, 15) is 10.1 Å². The van der Waals surface area contributed by atoms with Crippen molar-refractivity contribution in [3.05, 3.63) is 46.8 Å². The summed E-state index contributed by atoms with van der Waals surface area (Å²) in [6.45, 7) is 11.5. The standard InChI is InChI=1S/C27H35N9O/c1-6-19-16-36(22-14-24(37)32(5)23-17-33(13-11-28)31-25(22)23)20(7-2)15-35(19)18(4)27-30-26-21(34(27)8-3)10-9-12-29-26/h9-10,12,14,17-20H,6-8,13,15-16H2,1-5H3/t18-,19+,20-/m0/s1. The highest BCUT2D eigenvalue weighted by Gasteiger charge is 2.37. The summed E-state index contributed by atoms with van der Waals surface area (Å²) in [6.07, 6.45) is 5.50. The molecule has 0 aromatic carbocycles. The maximum atomic E-state index is 12.9. The van der Waals surface area contributed by atoms with E-state index in [1.54, 1.807) is 34.8 Å². The van der Waals surface area contributed by atoms with Crippen molar-refractivity contribution in [3.63, 3.8) is 0 Å². The zero-order chi connectivity index (χ0) is 26.3. The first-order chi connectivity index (χ1) is 17.9. The first-order valence-corrected chi connectivity index (χ1v) is 13.2. The fourth-order valence-corrected chi connectivity index (χ4v) is 5.84. The van der Waals surface area contributed by atoms with Crippen molar-refractivity contribution in [2.24, 2.45) is 7.05 Å². The van der Waals surface area contributed by atoms with Gasteiger partial charge >= 0.3 is 0 Å². The van der Waals surface area contributed by atoms with Gasteiger partial charge in [-0.05, 0) is 38.8 Å². The largest absolute Gasteiger partial charge is 0.364 e. The SMILES string of the molecule is CC[C@H]1CN([C@@H](C)c2nc3ncccc3n2CC)[C@H](CC)CN1c1cc(=O)n(C)c2cn(CC#N)nc12. The first kappa shape index (κ1) is 25.0. The van der Waals surface area contributed by atoms with Crippen molar-refractivity contribution >= 4 is 27.9 Å². The lowest BCUT2D eigenvalue weighted by molar-refractivity contribution is 0.0954. The van der Waals surface area contributed by atoms with Crippen molar-refractivity contribution in [1.82, 2.24) is 33.8 Å². The number of aryl methyl sites for hydroxylation is 2. The average molecular weight is 502 g/mol. The Bertz CT molecular complexity index is 1520. The molecule has 194 valence electrons. The van der Waals surface area contributed by atoms with Crippen LogP contribution in [0.2, 0.25) is 0 Å². The van der Waals surface area contributed by atoms with Crippen LogP contribution in [0.5, 0.6) is 0 Å². The van der Waals surface area contributed by atoms with Gasteiger partial charge in [0.05, 0.1) is 35.0 Å². The smallest absolute Gasteiger partial charge is 0.252 e. The summed E-state index contributed by atoms with van der Waals surface area (Å²) in [5.41, 5.74) is 4.17. The Hall–Kier alpha value is -3.71. The molecule has 4 aromatic rings. The molecule has 0 bridgehead atoms. The van der Waals surface area contributed by atoms with Gasteiger partial charge in [0, 0.05) is 51.0 Å². The summed E-state index contributed by atoms with van der Waals surface area (Å²) in [7, 11) is 1.76. The molecule has 0 aliphatic carbocycles. The van der Waals surface area contributed by atoms with Crippen LogP contribution in [0.4, 0.5) is 5.69 Å². The Morgan fingerprint density at radius 2 is 1.95 bits per heavy atom. The van der Waals surface area contributed by atoms with Gasteiger partial charge < -0.3 is 14.0 Å². The highest BCUT2D eigenvalue weighted by atomic mass is 16.1. The van der Waals surface area contributed by atoms with Crippen LogP contribution < -0.4 is 10.5 Å². The zero-order valence-electron chi connectivity index (χ0n) is 22.3. The molecule has 5 heterocycles. The molecule has 10 heteroatoms. The Balaban J connectivity index is 1.53. The van der Waals surface area contributed by atoms with Crippen LogP contribution in [0.25, 0.3) is 22.2 Å². The van der Waals surface area contributed by atoms with Crippen LogP contribution >= 0.6 is 0 Å². The molecule has 1 fully saturated rings. The number of aromatic nitrogens is 6. The van der Waals surface area contributed by atoms with E-state index < -0.39 is 0 Å². The van der Waals surface area contributed by atoms with E-state index in [0.717, 1.165) is 66.2 Å². The molecule has 0 radical (unpaired) electrons. The zero-order valence-corrected chi connectivity index (χ0v) is 22.3. The van der Waals surface area contributed by atoms with Gasteiger partial charge in [0.15, 0.2) is 5.65 Å². The second-order valence-electron chi connectivity index (χ2n) is 9.86. The summed E-state index contributed by atoms with van der Waals surface area (Å²) in [4.78, 5) is 27.3. The molecule has 0 unspecified atom stereocenters. The number of imidazole rings is 1. The Morgan fingerprint density at radius 3 is 2.65 bits per heavy atom. The summed E-state index contributed by atoms with van der Waals surface area (Å²) in [6, 6.07) is 8.51. The van der Waals surface area contributed by atoms with Crippen LogP contribution in [0.3, 0.4) is 0 Å². The summed E-state index contributed by atoms with van der Waals surface area (Å²) < 4.78 is 5.51. The van der Waals surface area contributed by atoms with Crippen LogP contribution in [-0.2, 0) is 20.1 Å². The number of piperazine rings is 1. The lowest BCUT2D eigenvalue weighted by Gasteiger charge is -2.49. The maximum absolute atomic E-state index is 12.9. The van der Waals surface area contributed by atoms with Crippen molar-refractivity contribution in [2.75, 3.05) is 18.0 Å². The predicted octanol–water partition coefficient (Wildman–Crippen LogP) is 3.46. The number of hydrogen-bond donors (Lipinski definition) is 0. The van der Waals surface area contributed by atoms with E-state index >= 15 is 0 Å². The summed E-state index contributed by atoms with van der Waals surface area (Å²) >= 11 is 0. The molecule has 10 nitrogen and oxygen atoms in total. The number of hydrogen-bond acceptors (Lipinski definition) is 7. The average Bonchev–Trinajstić information content (AvgIpc) is 3.51. The van der Waals surface area contributed by atoms with Gasteiger partial charge in [0.1, 0.15) is 17.9 Å². The lowest BCUT2D eigenvalue weighted by atomic mass is 9.99. The molecule has 0 spiro atoms. The molecule has 5 rings (SSSR count). The van der Waals surface area contributed by atoms with Gasteiger partial charge in [-0.25, -0.2) is 9.97 Å². The number of fused-ring (bicyclic) bond motifs is 2. The molecule has 0 amide bonds. The van der Waals surface area contributed by atoms with Crippen molar-refractivity contribution < 1.29 is 0 Å². The van der Waals surface area contributed by atoms with Crippen LogP contribution in [-0.4, -0.2) is 59.0 Å². The third kappa shape index (κ3) is 4.17. The molecular weight excluding hydrogens is 466 g/mol. The second kappa shape index (κ2) is 9.98. The quantitative estimate of drug-likeness (QED) is 0.382. The predicted molar refractivity (Wildman–Crippen MR) is 144 cm³/mol. The first-order valence-electron chi connectivity index (χ1n) is 13.2. The molecule has 1 aliphatic rings. The minimum absolute atomic E-state index is 0.0677.